The third kappa shape index (κ3) is 4.44. The van der Waals surface area contributed by atoms with Crippen LogP contribution in [0.3, 0.4) is 0 Å². The van der Waals surface area contributed by atoms with Gasteiger partial charge in [0.1, 0.15) is 6.33 Å². The topological polar surface area (TPSA) is 116 Å². The highest BCUT2D eigenvalue weighted by molar-refractivity contribution is 5.99. The number of ketones is 1. The number of hydrogen-bond acceptors (Lipinski definition) is 7. The van der Waals surface area contributed by atoms with Gasteiger partial charge in [0.25, 0.3) is 5.91 Å². The summed E-state index contributed by atoms with van der Waals surface area (Å²) in [6, 6.07) is 13.0. The number of nitrogens with zero attached hydrogens (tertiary/aromatic N) is 4. The molecule has 2 aromatic carbocycles. The van der Waals surface area contributed by atoms with Crippen molar-refractivity contribution in [2.45, 2.75) is 20.0 Å². The zero-order valence-electron chi connectivity index (χ0n) is 15.2. The summed E-state index contributed by atoms with van der Waals surface area (Å²) in [5.74, 6) is -1.25. The minimum absolute atomic E-state index is 0.110. The average Bonchev–Trinajstić information content (AvgIpc) is 3.23. The first-order chi connectivity index (χ1) is 13.4. The highest BCUT2D eigenvalue weighted by atomic mass is 16.5. The Balaban J connectivity index is 1.61. The lowest BCUT2D eigenvalue weighted by Gasteiger charge is -2.14. The lowest BCUT2D eigenvalue weighted by Crippen LogP contribution is -2.30. The van der Waals surface area contributed by atoms with Gasteiger partial charge in [-0.15, -0.1) is 5.10 Å². The van der Waals surface area contributed by atoms with Crippen LogP contribution in [0.25, 0.3) is 5.69 Å². The van der Waals surface area contributed by atoms with E-state index in [9.17, 15) is 14.4 Å². The van der Waals surface area contributed by atoms with Gasteiger partial charge in [-0.25, -0.2) is 9.48 Å². The Labute approximate surface area is 160 Å². The fraction of sp³-hybridized carbons (Fsp3) is 0.158. The minimum atomic E-state index is -1.02. The van der Waals surface area contributed by atoms with Crippen LogP contribution in [-0.2, 0) is 9.53 Å². The standard InChI is InChI=1S/C19H17N5O4/c1-12(25)15-4-3-5-16(10-15)21-18(26)13(2)28-19(27)14-6-8-17(9-7-14)24-11-20-22-23-24/h3-11,13H,1-2H3,(H,21,26)/t13-/m1/s1. The highest BCUT2D eigenvalue weighted by Crippen LogP contribution is 2.13. The van der Waals surface area contributed by atoms with Gasteiger partial charge in [-0.3, -0.25) is 9.59 Å². The van der Waals surface area contributed by atoms with E-state index < -0.39 is 18.0 Å². The second-order valence-corrected chi connectivity index (χ2v) is 5.98. The van der Waals surface area contributed by atoms with Crippen LogP contribution in [0.15, 0.2) is 54.9 Å². The van der Waals surface area contributed by atoms with Crippen LogP contribution >= 0.6 is 0 Å². The molecule has 142 valence electrons. The van der Waals surface area contributed by atoms with Crippen molar-refractivity contribution in [3.05, 3.63) is 66.0 Å². The summed E-state index contributed by atoms with van der Waals surface area (Å²) in [5, 5.41) is 13.5. The number of nitrogens with one attached hydrogen (secondary N) is 1. The predicted molar refractivity (Wildman–Crippen MR) is 99.1 cm³/mol. The fourth-order valence-electron chi connectivity index (χ4n) is 2.37. The first-order valence-corrected chi connectivity index (χ1v) is 8.40. The van der Waals surface area contributed by atoms with Crippen molar-refractivity contribution in [1.82, 2.24) is 20.2 Å². The smallest absolute Gasteiger partial charge is 0.338 e. The quantitative estimate of drug-likeness (QED) is 0.515. The van der Waals surface area contributed by atoms with Crippen LogP contribution in [0.2, 0.25) is 0 Å². The summed E-state index contributed by atoms with van der Waals surface area (Å²) < 4.78 is 6.66. The van der Waals surface area contributed by atoms with E-state index in [1.165, 1.54) is 24.9 Å². The number of benzene rings is 2. The van der Waals surface area contributed by atoms with E-state index in [0.717, 1.165) is 0 Å². The van der Waals surface area contributed by atoms with Crippen molar-refractivity contribution in [3.8, 4) is 5.69 Å². The van der Waals surface area contributed by atoms with Crippen molar-refractivity contribution in [2.75, 3.05) is 5.32 Å². The van der Waals surface area contributed by atoms with Gasteiger partial charge in [-0.2, -0.15) is 0 Å². The average molecular weight is 379 g/mol. The summed E-state index contributed by atoms with van der Waals surface area (Å²) >= 11 is 0. The van der Waals surface area contributed by atoms with Gasteiger partial charge in [-0.1, -0.05) is 12.1 Å². The molecule has 0 aliphatic carbocycles. The molecule has 0 unspecified atom stereocenters. The summed E-state index contributed by atoms with van der Waals surface area (Å²) in [4.78, 5) is 36.0. The predicted octanol–water partition coefficient (Wildman–Crippen LogP) is 2.05. The molecule has 0 aliphatic heterocycles. The van der Waals surface area contributed by atoms with Gasteiger partial charge in [0.2, 0.25) is 0 Å². The largest absolute Gasteiger partial charge is 0.449 e. The van der Waals surface area contributed by atoms with Crippen molar-refractivity contribution < 1.29 is 19.1 Å². The second kappa shape index (κ2) is 8.21. The molecule has 9 heteroatoms. The molecule has 0 saturated carbocycles. The van der Waals surface area contributed by atoms with E-state index >= 15 is 0 Å². The molecule has 0 spiro atoms. The molecular weight excluding hydrogens is 362 g/mol. The van der Waals surface area contributed by atoms with Crippen molar-refractivity contribution in [2.24, 2.45) is 0 Å². The number of amides is 1. The lowest BCUT2D eigenvalue weighted by molar-refractivity contribution is -0.123. The molecule has 3 aromatic rings. The first-order valence-electron chi connectivity index (χ1n) is 8.40. The molecule has 1 N–H and O–H groups in total. The first kappa shape index (κ1) is 18.9. The summed E-state index contributed by atoms with van der Waals surface area (Å²) in [7, 11) is 0. The maximum absolute atomic E-state index is 12.3. The van der Waals surface area contributed by atoms with Crippen molar-refractivity contribution in [1.29, 1.82) is 0 Å². The van der Waals surface area contributed by atoms with E-state index in [-0.39, 0.29) is 11.3 Å². The van der Waals surface area contributed by atoms with Crippen LogP contribution in [0, 0.1) is 0 Å². The number of anilines is 1. The number of tetrazole rings is 1. The highest BCUT2D eigenvalue weighted by Gasteiger charge is 2.19. The number of Topliss-reactive ketones (excluding diaryl/α,β-unsaturated/α-hetero) is 1. The third-order valence-corrected chi connectivity index (χ3v) is 3.91. The van der Waals surface area contributed by atoms with Gasteiger partial charge in [-0.05, 0) is 60.7 Å². The molecular formula is C19H17N5O4. The van der Waals surface area contributed by atoms with Gasteiger partial charge < -0.3 is 10.1 Å². The van der Waals surface area contributed by atoms with Crippen LogP contribution in [0.4, 0.5) is 5.69 Å². The second-order valence-electron chi connectivity index (χ2n) is 5.98. The Morgan fingerprint density at radius 1 is 1.07 bits per heavy atom. The lowest BCUT2D eigenvalue weighted by atomic mass is 10.1. The number of hydrogen-bond donors (Lipinski definition) is 1. The van der Waals surface area contributed by atoms with Gasteiger partial charge >= 0.3 is 5.97 Å². The van der Waals surface area contributed by atoms with Crippen molar-refractivity contribution in [3.63, 3.8) is 0 Å². The molecule has 0 bridgehead atoms. The molecule has 1 heterocycles. The number of carbonyl (C=O) groups excluding carboxylic acids is 3. The van der Waals surface area contributed by atoms with E-state index in [1.54, 1.807) is 48.5 Å². The summed E-state index contributed by atoms with van der Waals surface area (Å²) in [6.45, 7) is 2.91. The number of rotatable bonds is 6. The SMILES string of the molecule is CC(=O)c1cccc(NC(=O)[C@@H](C)OC(=O)c2ccc(-n3cnnn3)cc2)c1. The van der Waals surface area contributed by atoms with Crippen LogP contribution in [-0.4, -0.2) is 44.0 Å². The summed E-state index contributed by atoms with van der Waals surface area (Å²) in [6.07, 6.45) is 0.411. The maximum atomic E-state index is 12.3. The normalized spacial score (nSPS) is 11.5. The third-order valence-electron chi connectivity index (χ3n) is 3.91. The van der Waals surface area contributed by atoms with Gasteiger partial charge in [0.05, 0.1) is 11.3 Å². The maximum Gasteiger partial charge on any atom is 0.338 e. The Bertz CT molecular complexity index is 999. The van der Waals surface area contributed by atoms with Gasteiger partial charge in [0.15, 0.2) is 11.9 Å². The molecule has 3 rings (SSSR count). The Hall–Kier alpha value is -3.88. The molecule has 1 atom stereocenters. The molecule has 0 radical (unpaired) electrons. The molecule has 0 aliphatic rings. The molecule has 1 amide bonds. The zero-order valence-corrected chi connectivity index (χ0v) is 15.2. The Morgan fingerprint density at radius 3 is 2.46 bits per heavy atom. The van der Waals surface area contributed by atoms with Crippen LogP contribution in [0.1, 0.15) is 34.6 Å². The summed E-state index contributed by atoms with van der Waals surface area (Å²) in [5.41, 5.74) is 1.89. The number of esters is 1. The monoisotopic (exact) mass is 379 g/mol. The molecule has 1 aromatic heterocycles. The van der Waals surface area contributed by atoms with E-state index in [0.29, 0.717) is 16.9 Å². The molecule has 9 nitrogen and oxygen atoms in total. The molecule has 28 heavy (non-hydrogen) atoms. The van der Waals surface area contributed by atoms with E-state index in [2.05, 4.69) is 20.8 Å². The fourth-order valence-corrected chi connectivity index (χ4v) is 2.37. The van der Waals surface area contributed by atoms with Gasteiger partial charge in [0, 0.05) is 11.3 Å². The molecule has 0 saturated heterocycles. The number of aromatic nitrogens is 4. The van der Waals surface area contributed by atoms with E-state index in [1.807, 2.05) is 0 Å². The van der Waals surface area contributed by atoms with Crippen LogP contribution in [0.5, 0.6) is 0 Å². The minimum Gasteiger partial charge on any atom is -0.449 e. The molecule has 0 fully saturated rings. The Kier molecular flexibility index (Phi) is 5.54. The number of carbonyl (C=O) groups is 3. The van der Waals surface area contributed by atoms with Crippen molar-refractivity contribution >= 4 is 23.3 Å². The van der Waals surface area contributed by atoms with E-state index in [4.69, 9.17) is 4.74 Å². The Morgan fingerprint density at radius 2 is 1.82 bits per heavy atom. The number of ether oxygens (including phenoxy) is 1. The zero-order chi connectivity index (χ0) is 20.1. The van der Waals surface area contributed by atoms with Crippen LogP contribution < -0.4 is 5.32 Å².